The van der Waals surface area contributed by atoms with Gasteiger partial charge in [-0.05, 0) is 62.7 Å². The summed E-state index contributed by atoms with van der Waals surface area (Å²) in [6.07, 6.45) is 5.43. The zero-order valence-electron chi connectivity index (χ0n) is 12.9. The fourth-order valence-corrected chi connectivity index (χ4v) is 4.90. The summed E-state index contributed by atoms with van der Waals surface area (Å²) in [6, 6.07) is 0.157. The van der Waals surface area contributed by atoms with Crippen molar-refractivity contribution in [3.05, 3.63) is 25.6 Å². The molecule has 0 aromatic carbocycles. The number of hydrogen-bond acceptors (Lipinski definition) is 3. The van der Waals surface area contributed by atoms with Gasteiger partial charge >= 0.3 is 0 Å². The van der Waals surface area contributed by atoms with Crippen LogP contribution in [0.5, 0.6) is 0 Å². The van der Waals surface area contributed by atoms with Gasteiger partial charge in [-0.25, -0.2) is 0 Å². The highest BCUT2D eigenvalue weighted by Gasteiger charge is 2.22. The average molecular weight is 322 g/mol. The maximum absolute atomic E-state index is 12.9. The lowest BCUT2D eigenvalue weighted by Crippen LogP contribution is -2.25. The quantitative estimate of drug-likeness (QED) is 0.835. The first-order valence-electron chi connectivity index (χ1n) is 7.78. The molecule has 3 nitrogen and oxygen atoms in total. The Morgan fingerprint density at radius 1 is 1.29 bits per heavy atom. The topological polar surface area (TPSA) is 37.8 Å². The van der Waals surface area contributed by atoms with Gasteiger partial charge in [-0.15, -0.1) is 11.3 Å². The minimum Gasteiger partial charge on any atom is -0.323 e. The van der Waals surface area contributed by atoms with Crippen molar-refractivity contribution in [1.82, 2.24) is 9.55 Å². The molecule has 0 aliphatic heterocycles. The third-order valence-electron chi connectivity index (χ3n) is 4.40. The monoisotopic (exact) mass is 322 g/mol. The fraction of sp³-hybridized carbons (Fsp3) is 0.625. The summed E-state index contributed by atoms with van der Waals surface area (Å²) in [5.74, 6) is 0.648. The number of rotatable bonds is 4. The predicted octanol–water partition coefficient (Wildman–Crippen LogP) is 4.61. The molecule has 114 valence electrons. The molecule has 0 saturated carbocycles. The van der Waals surface area contributed by atoms with Crippen LogP contribution in [0.25, 0.3) is 10.2 Å². The second kappa shape index (κ2) is 5.69. The van der Waals surface area contributed by atoms with Gasteiger partial charge in [0.2, 0.25) is 0 Å². The minimum absolute atomic E-state index is 0.115. The van der Waals surface area contributed by atoms with E-state index >= 15 is 0 Å². The lowest BCUT2D eigenvalue weighted by molar-refractivity contribution is 0.426. The molecule has 5 heteroatoms. The van der Waals surface area contributed by atoms with Crippen molar-refractivity contribution in [1.29, 1.82) is 0 Å². The van der Waals surface area contributed by atoms with Crippen LogP contribution in [0, 0.1) is 10.7 Å². The summed E-state index contributed by atoms with van der Waals surface area (Å²) in [6.45, 7) is 6.53. The zero-order chi connectivity index (χ0) is 15.1. The summed E-state index contributed by atoms with van der Waals surface area (Å²) in [5, 5.41) is 0.900. The fourth-order valence-electron chi connectivity index (χ4n) is 3.19. The van der Waals surface area contributed by atoms with Crippen LogP contribution in [-0.2, 0) is 12.8 Å². The standard InChI is InChI=1S/C16H22N2OS2/c1-9(2)7-8-10(3)18-15(19)13-11-5-4-6-12(11)21-14(13)17-16(18)20/h9-10H,4-8H2,1-3H3,(H,17,20). The summed E-state index contributed by atoms with van der Waals surface area (Å²) in [5.41, 5.74) is 1.39. The molecule has 1 atom stereocenters. The largest absolute Gasteiger partial charge is 0.323 e. The number of nitrogens with one attached hydrogen (secondary N) is 1. The Kier molecular flexibility index (Phi) is 4.06. The first-order chi connectivity index (χ1) is 9.99. The zero-order valence-corrected chi connectivity index (χ0v) is 14.5. The van der Waals surface area contributed by atoms with Crippen molar-refractivity contribution < 1.29 is 0 Å². The maximum atomic E-state index is 12.9. The maximum Gasteiger partial charge on any atom is 0.263 e. The number of fused-ring (bicyclic) bond motifs is 3. The van der Waals surface area contributed by atoms with E-state index < -0.39 is 0 Å². The second-order valence-corrected chi connectivity index (χ2v) is 7.98. The third kappa shape index (κ3) is 2.61. The van der Waals surface area contributed by atoms with Crippen LogP contribution in [-0.4, -0.2) is 9.55 Å². The average Bonchev–Trinajstić information content (AvgIpc) is 2.95. The molecule has 21 heavy (non-hydrogen) atoms. The van der Waals surface area contributed by atoms with E-state index in [2.05, 4.69) is 25.8 Å². The van der Waals surface area contributed by atoms with Gasteiger partial charge in [-0.1, -0.05) is 13.8 Å². The van der Waals surface area contributed by atoms with E-state index in [4.69, 9.17) is 12.2 Å². The van der Waals surface area contributed by atoms with Crippen LogP contribution in [0.15, 0.2) is 4.79 Å². The number of aromatic amines is 1. The van der Waals surface area contributed by atoms with E-state index in [0.717, 1.165) is 35.9 Å². The first-order valence-corrected chi connectivity index (χ1v) is 9.00. The lowest BCUT2D eigenvalue weighted by atomic mass is 10.0. The summed E-state index contributed by atoms with van der Waals surface area (Å²) in [7, 11) is 0. The van der Waals surface area contributed by atoms with Crippen LogP contribution in [0.2, 0.25) is 0 Å². The van der Waals surface area contributed by atoms with Crippen molar-refractivity contribution in [3.8, 4) is 0 Å². The second-order valence-electron chi connectivity index (χ2n) is 6.49. The van der Waals surface area contributed by atoms with E-state index in [1.165, 1.54) is 16.9 Å². The molecular formula is C16H22N2OS2. The van der Waals surface area contributed by atoms with Crippen molar-refractivity contribution in [2.24, 2.45) is 5.92 Å². The van der Waals surface area contributed by atoms with Gasteiger partial charge in [-0.3, -0.25) is 9.36 Å². The smallest absolute Gasteiger partial charge is 0.263 e. The SMILES string of the molecule is CC(C)CCC(C)n1c(=S)[nH]c2sc3c(c2c1=O)CCC3. The highest BCUT2D eigenvalue weighted by molar-refractivity contribution is 7.71. The van der Waals surface area contributed by atoms with Crippen molar-refractivity contribution >= 4 is 33.8 Å². The number of hydrogen-bond donors (Lipinski definition) is 1. The third-order valence-corrected chi connectivity index (χ3v) is 5.90. The molecule has 0 amide bonds. The Morgan fingerprint density at radius 2 is 2.05 bits per heavy atom. The number of thiophene rings is 1. The van der Waals surface area contributed by atoms with Crippen LogP contribution >= 0.6 is 23.6 Å². The van der Waals surface area contributed by atoms with Gasteiger partial charge in [0, 0.05) is 10.9 Å². The molecule has 2 aromatic heterocycles. The Labute approximate surface area is 134 Å². The number of aromatic nitrogens is 2. The molecule has 1 aliphatic carbocycles. The predicted molar refractivity (Wildman–Crippen MR) is 92.1 cm³/mol. The van der Waals surface area contributed by atoms with E-state index in [1.807, 2.05) is 0 Å². The van der Waals surface area contributed by atoms with Gasteiger partial charge in [-0.2, -0.15) is 0 Å². The van der Waals surface area contributed by atoms with Crippen LogP contribution in [0.1, 0.15) is 56.5 Å². The molecule has 1 unspecified atom stereocenters. The van der Waals surface area contributed by atoms with Gasteiger partial charge in [0.05, 0.1) is 5.39 Å². The molecule has 0 saturated heterocycles. The van der Waals surface area contributed by atoms with Gasteiger partial charge in [0.25, 0.3) is 5.56 Å². The van der Waals surface area contributed by atoms with Gasteiger partial charge < -0.3 is 4.98 Å². The molecule has 2 heterocycles. The molecule has 0 fully saturated rings. The number of H-pyrrole nitrogens is 1. The van der Waals surface area contributed by atoms with E-state index in [9.17, 15) is 4.79 Å². The van der Waals surface area contributed by atoms with Gasteiger partial charge in [0.1, 0.15) is 4.83 Å². The Bertz CT molecular complexity index is 782. The van der Waals surface area contributed by atoms with Crippen molar-refractivity contribution in [3.63, 3.8) is 0 Å². The molecule has 3 rings (SSSR count). The van der Waals surface area contributed by atoms with Crippen molar-refractivity contribution in [2.75, 3.05) is 0 Å². The Balaban J connectivity index is 2.11. The first kappa shape index (κ1) is 15.0. The van der Waals surface area contributed by atoms with Crippen LogP contribution in [0.3, 0.4) is 0 Å². The van der Waals surface area contributed by atoms with E-state index in [-0.39, 0.29) is 11.6 Å². The number of nitrogens with zero attached hydrogens (tertiary/aromatic N) is 1. The summed E-state index contributed by atoms with van der Waals surface area (Å²) >= 11 is 7.16. The normalized spacial score (nSPS) is 15.8. The molecule has 0 radical (unpaired) electrons. The number of aryl methyl sites for hydroxylation is 2. The van der Waals surface area contributed by atoms with Crippen LogP contribution in [0.4, 0.5) is 0 Å². The van der Waals surface area contributed by atoms with E-state index in [1.54, 1.807) is 15.9 Å². The lowest BCUT2D eigenvalue weighted by Gasteiger charge is -2.16. The Morgan fingerprint density at radius 3 is 2.76 bits per heavy atom. The minimum atomic E-state index is 0.115. The van der Waals surface area contributed by atoms with Crippen molar-refractivity contribution in [2.45, 2.75) is 58.9 Å². The molecule has 0 spiro atoms. The van der Waals surface area contributed by atoms with Gasteiger partial charge in [0.15, 0.2) is 4.77 Å². The highest BCUT2D eigenvalue weighted by Crippen LogP contribution is 2.34. The Hall–Kier alpha value is -0.940. The summed E-state index contributed by atoms with van der Waals surface area (Å²) in [4.78, 5) is 18.6. The molecule has 1 N–H and O–H groups in total. The summed E-state index contributed by atoms with van der Waals surface area (Å²) < 4.78 is 2.37. The van der Waals surface area contributed by atoms with E-state index in [0.29, 0.717) is 10.7 Å². The molecule has 0 bridgehead atoms. The molecule has 2 aromatic rings. The molecule has 1 aliphatic rings. The molecular weight excluding hydrogens is 300 g/mol. The van der Waals surface area contributed by atoms with Crippen LogP contribution < -0.4 is 5.56 Å². The highest BCUT2D eigenvalue weighted by atomic mass is 32.1.